The lowest BCUT2D eigenvalue weighted by Gasteiger charge is -2.29. The van der Waals surface area contributed by atoms with Gasteiger partial charge in [0.1, 0.15) is 18.1 Å². The average Bonchev–Trinajstić information content (AvgIpc) is 3.07. The molecule has 2 aliphatic heterocycles. The summed E-state index contributed by atoms with van der Waals surface area (Å²) in [6.45, 7) is 1.11. The molecule has 1 aromatic carbocycles. The monoisotopic (exact) mass is 415 g/mol. The number of anilines is 1. The fourth-order valence-electron chi connectivity index (χ4n) is 3.47. The van der Waals surface area contributed by atoms with E-state index in [1.807, 2.05) is 24.3 Å². The Balaban J connectivity index is 1.51. The largest absolute Gasteiger partial charge is 0.497 e. The highest BCUT2D eigenvalue weighted by Crippen LogP contribution is 2.30. The van der Waals surface area contributed by atoms with E-state index in [0.29, 0.717) is 31.7 Å². The van der Waals surface area contributed by atoms with Gasteiger partial charge in [-0.15, -0.1) is 0 Å². The zero-order valence-electron chi connectivity index (χ0n) is 14.4. The fraction of sp³-hybridized carbons (Fsp3) is 0.316. The van der Waals surface area contributed by atoms with Crippen LogP contribution in [0.2, 0.25) is 0 Å². The third-order valence-electron chi connectivity index (χ3n) is 4.86. The molecule has 0 spiro atoms. The van der Waals surface area contributed by atoms with E-state index >= 15 is 0 Å². The Hall–Kier alpha value is -2.41. The minimum atomic E-state index is -0.0777. The Morgan fingerprint density at radius 3 is 2.81 bits per heavy atom. The predicted octanol–water partition coefficient (Wildman–Crippen LogP) is 2.67. The molecule has 7 heteroatoms. The van der Waals surface area contributed by atoms with Gasteiger partial charge in [0.15, 0.2) is 0 Å². The maximum atomic E-state index is 12.8. The third kappa shape index (κ3) is 3.07. The zero-order chi connectivity index (χ0) is 18.3. The summed E-state index contributed by atoms with van der Waals surface area (Å²) in [6, 6.07) is 7.81. The zero-order valence-corrected chi connectivity index (χ0v) is 16.0. The number of pyridine rings is 1. The number of benzene rings is 1. The number of nitrogens with zero attached hydrogens (tertiary/aromatic N) is 3. The smallest absolute Gasteiger partial charge is 0.243 e. The van der Waals surface area contributed by atoms with Gasteiger partial charge < -0.3 is 9.64 Å². The molecule has 0 aliphatic carbocycles. The van der Waals surface area contributed by atoms with Crippen molar-refractivity contribution in [3.8, 4) is 5.75 Å². The molecule has 0 bridgehead atoms. The van der Waals surface area contributed by atoms with Crippen molar-refractivity contribution < 1.29 is 14.3 Å². The first-order chi connectivity index (χ1) is 12.5. The number of ether oxygens (including phenoxy) is 1. The number of carbonyl (C=O) groups excluding carboxylic acids is 2. The van der Waals surface area contributed by atoms with Crippen molar-refractivity contribution in [2.45, 2.75) is 25.9 Å². The molecule has 3 heterocycles. The number of fused-ring (bicyclic) bond motifs is 2. The van der Waals surface area contributed by atoms with E-state index < -0.39 is 0 Å². The van der Waals surface area contributed by atoms with Gasteiger partial charge in [0.05, 0.1) is 7.11 Å². The molecule has 6 nitrogen and oxygen atoms in total. The van der Waals surface area contributed by atoms with E-state index in [1.165, 1.54) is 4.90 Å². The van der Waals surface area contributed by atoms with Crippen molar-refractivity contribution in [2.75, 3.05) is 18.6 Å². The van der Waals surface area contributed by atoms with Crippen LogP contribution in [-0.4, -0.2) is 35.4 Å². The lowest BCUT2D eigenvalue weighted by Crippen LogP contribution is -2.43. The maximum absolute atomic E-state index is 12.8. The van der Waals surface area contributed by atoms with Crippen molar-refractivity contribution in [3.05, 3.63) is 51.6 Å². The van der Waals surface area contributed by atoms with Crippen molar-refractivity contribution in [1.82, 2.24) is 9.88 Å². The molecule has 0 radical (unpaired) electrons. The molecule has 0 N–H and O–H groups in total. The molecule has 26 heavy (non-hydrogen) atoms. The summed E-state index contributed by atoms with van der Waals surface area (Å²) in [5.74, 6) is 1.24. The van der Waals surface area contributed by atoms with Crippen LogP contribution < -0.4 is 9.64 Å². The van der Waals surface area contributed by atoms with Crippen molar-refractivity contribution in [3.63, 3.8) is 0 Å². The van der Waals surface area contributed by atoms with Gasteiger partial charge in [-0.1, -0.05) is 6.07 Å². The van der Waals surface area contributed by atoms with Gasteiger partial charge in [-0.25, -0.2) is 4.98 Å². The maximum Gasteiger partial charge on any atom is 0.243 e. The standard InChI is InChI=1S/C19H18BrN3O3/c1-26-16-4-2-13-9-22(10-14(13)7-16)18(25)11-23-17(24)5-3-12-6-15(20)8-21-19(12)23/h2,4,6-8H,3,5,9-11H2,1H3. The highest BCUT2D eigenvalue weighted by Gasteiger charge is 2.31. The van der Waals surface area contributed by atoms with Gasteiger partial charge >= 0.3 is 0 Å². The quantitative estimate of drug-likeness (QED) is 0.772. The minimum absolute atomic E-state index is 0.0194. The molecule has 2 aliphatic rings. The molecule has 0 unspecified atom stereocenters. The SMILES string of the molecule is COc1ccc2c(c1)CN(C(=O)CN1C(=O)CCc3cc(Br)cnc31)C2. The van der Waals surface area contributed by atoms with E-state index in [9.17, 15) is 9.59 Å². The van der Waals surface area contributed by atoms with Crippen molar-refractivity contribution >= 4 is 33.6 Å². The van der Waals surface area contributed by atoms with Crippen molar-refractivity contribution in [2.24, 2.45) is 0 Å². The van der Waals surface area contributed by atoms with Crippen LogP contribution in [0.25, 0.3) is 0 Å². The average molecular weight is 416 g/mol. The van der Waals surface area contributed by atoms with E-state index in [0.717, 1.165) is 26.9 Å². The Kier molecular flexibility index (Phi) is 4.40. The second kappa shape index (κ2) is 6.72. The summed E-state index contributed by atoms with van der Waals surface area (Å²) in [4.78, 5) is 32.8. The number of hydrogen-bond acceptors (Lipinski definition) is 4. The van der Waals surface area contributed by atoms with E-state index in [1.54, 1.807) is 18.2 Å². The second-order valence-corrected chi connectivity index (χ2v) is 7.42. The van der Waals surface area contributed by atoms with E-state index in [2.05, 4.69) is 20.9 Å². The van der Waals surface area contributed by atoms with Crippen LogP contribution in [0.15, 0.2) is 34.9 Å². The Bertz CT molecular complexity index is 900. The van der Waals surface area contributed by atoms with Crippen LogP contribution in [0.1, 0.15) is 23.1 Å². The van der Waals surface area contributed by atoms with Crippen LogP contribution >= 0.6 is 15.9 Å². The number of methoxy groups -OCH3 is 1. The Labute approximate surface area is 159 Å². The predicted molar refractivity (Wildman–Crippen MR) is 99.9 cm³/mol. The topological polar surface area (TPSA) is 62.7 Å². The van der Waals surface area contributed by atoms with Crippen LogP contribution in [-0.2, 0) is 29.1 Å². The Morgan fingerprint density at radius 1 is 1.19 bits per heavy atom. The van der Waals surface area contributed by atoms with E-state index in [4.69, 9.17) is 4.74 Å². The molecular formula is C19H18BrN3O3. The summed E-state index contributed by atoms with van der Waals surface area (Å²) >= 11 is 3.41. The number of aryl methyl sites for hydroxylation is 1. The van der Waals surface area contributed by atoms with Crippen LogP contribution in [0, 0.1) is 0 Å². The molecule has 2 amide bonds. The van der Waals surface area contributed by atoms with Gasteiger partial charge in [0.2, 0.25) is 11.8 Å². The first kappa shape index (κ1) is 17.0. The summed E-state index contributed by atoms with van der Waals surface area (Å²) < 4.78 is 6.13. The van der Waals surface area contributed by atoms with Crippen LogP contribution in [0.5, 0.6) is 5.75 Å². The van der Waals surface area contributed by atoms with Gasteiger partial charge in [-0.2, -0.15) is 0 Å². The number of amides is 2. The fourth-order valence-corrected chi connectivity index (χ4v) is 3.85. The molecular weight excluding hydrogens is 398 g/mol. The molecule has 1 aromatic heterocycles. The number of rotatable bonds is 3. The second-order valence-electron chi connectivity index (χ2n) is 6.50. The van der Waals surface area contributed by atoms with Gasteiger partial charge in [-0.05, 0) is 57.2 Å². The highest BCUT2D eigenvalue weighted by atomic mass is 79.9. The third-order valence-corrected chi connectivity index (χ3v) is 5.29. The molecule has 0 saturated carbocycles. The molecule has 134 valence electrons. The molecule has 0 saturated heterocycles. The lowest BCUT2D eigenvalue weighted by atomic mass is 10.1. The highest BCUT2D eigenvalue weighted by molar-refractivity contribution is 9.10. The van der Waals surface area contributed by atoms with E-state index in [-0.39, 0.29) is 18.4 Å². The molecule has 4 rings (SSSR count). The Morgan fingerprint density at radius 2 is 2.00 bits per heavy atom. The minimum Gasteiger partial charge on any atom is -0.497 e. The number of aromatic nitrogens is 1. The first-order valence-electron chi connectivity index (χ1n) is 8.43. The first-order valence-corrected chi connectivity index (χ1v) is 9.23. The summed E-state index contributed by atoms with van der Waals surface area (Å²) in [5, 5.41) is 0. The number of hydrogen-bond donors (Lipinski definition) is 0. The summed E-state index contributed by atoms with van der Waals surface area (Å²) in [6.07, 6.45) is 2.71. The van der Waals surface area contributed by atoms with Crippen molar-refractivity contribution in [1.29, 1.82) is 0 Å². The summed E-state index contributed by atoms with van der Waals surface area (Å²) in [7, 11) is 1.63. The van der Waals surface area contributed by atoms with Gasteiger partial charge in [0.25, 0.3) is 0 Å². The molecule has 2 aromatic rings. The molecule has 0 fully saturated rings. The number of halogens is 1. The summed E-state index contributed by atoms with van der Waals surface area (Å²) in [5.41, 5.74) is 3.19. The van der Waals surface area contributed by atoms with Crippen LogP contribution in [0.4, 0.5) is 5.82 Å². The normalized spacial score (nSPS) is 15.7. The van der Waals surface area contributed by atoms with Gasteiger partial charge in [0, 0.05) is 30.2 Å². The molecule has 0 atom stereocenters. The van der Waals surface area contributed by atoms with Crippen LogP contribution in [0.3, 0.4) is 0 Å². The number of carbonyl (C=O) groups is 2. The lowest BCUT2D eigenvalue weighted by molar-refractivity contribution is -0.132. The van der Waals surface area contributed by atoms with Gasteiger partial charge in [-0.3, -0.25) is 14.5 Å².